The van der Waals surface area contributed by atoms with Crippen LogP contribution in [-0.2, 0) is 21.2 Å². The Morgan fingerprint density at radius 3 is 2.22 bits per heavy atom. The highest BCUT2D eigenvalue weighted by atomic mass is 32.2. The molecule has 2 N–H and O–H groups in total. The van der Waals surface area contributed by atoms with Gasteiger partial charge in [-0.05, 0) is 61.2 Å². The summed E-state index contributed by atoms with van der Waals surface area (Å²) < 4.78 is 43.8. The minimum absolute atomic E-state index is 0.120. The molecule has 0 unspecified atom stereocenters. The van der Waals surface area contributed by atoms with Crippen LogP contribution in [0.2, 0.25) is 0 Å². The predicted molar refractivity (Wildman–Crippen MR) is 123 cm³/mol. The molecular formula is C23H32N2O6S. The van der Waals surface area contributed by atoms with Crippen LogP contribution in [0, 0.1) is 5.92 Å². The molecule has 0 bridgehead atoms. The van der Waals surface area contributed by atoms with E-state index in [9.17, 15) is 13.2 Å². The van der Waals surface area contributed by atoms with E-state index in [1.54, 1.807) is 27.2 Å². The van der Waals surface area contributed by atoms with Gasteiger partial charge in [0.1, 0.15) is 5.75 Å². The molecule has 32 heavy (non-hydrogen) atoms. The Labute approximate surface area is 190 Å². The van der Waals surface area contributed by atoms with Crippen LogP contribution in [-0.4, -0.2) is 47.7 Å². The highest BCUT2D eigenvalue weighted by molar-refractivity contribution is 7.89. The van der Waals surface area contributed by atoms with E-state index in [1.165, 1.54) is 24.3 Å². The average molecular weight is 465 g/mol. The third kappa shape index (κ3) is 7.42. The minimum atomic E-state index is -3.68. The molecular weight excluding hydrogens is 432 g/mol. The van der Waals surface area contributed by atoms with Gasteiger partial charge in [0, 0.05) is 13.1 Å². The quantitative estimate of drug-likeness (QED) is 0.501. The van der Waals surface area contributed by atoms with E-state index in [-0.39, 0.29) is 17.3 Å². The SMILES string of the molecule is COc1ccc(CCNS(=O)(=O)c2ccc(O[C@@H](C)C(=O)NCC(C)C)cc2)cc1OC. The molecule has 0 heterocycles. The zero-order valence-corrected chi connectivity index (χ0v) is 20.0. The Bertz CT molecular complexity index is 990. The summed E-state index contributed by atoms with van der Waals surface area (Å²) in [5, 5.41) is 2.80. The van der Waals surface area contributed by atoms with Crippen LogP contribution in [0.25, 0.3) is 0 Å². The number of nitrogens with one attached hydrogen (secondary N) is 2. The van der Waals surface area contributed by atoms with E-state index in [4.69, 9.17) is 14.2 Å². The highest BCUT2D eigenvalue weighted by Crippen LogP contribution is 2.27. The first-order valence-electron chi connectivity index (χ1n) is 10.4. The topological polar surface area (TPSA) is 103 Å². The van der Waals surface area contributed by atoms with E-state index in [0.29, 0.717) is 36.1 Å². The van der Waals surface area contributed by atoms with E-state index in [2.05, 4.69) is 10.0 Å². The Hall–Kier alpha value is -2.78. The van der Waals surface area contributed by atoms with Crippen molar-refractivity contribution in [3.8, 4) is 17.2 Å². The summed E-state index contributed by atoms with van der Waals surface area (Å²) in [6.45, 7) is 6.46. The summed E-state index contributed by atoms with van der Waals surface area (Å²) in [5.41, 5.74) is 0.916. The number of amides is 1. The van der Waals surface area contributed by atoms with Gasteiger partial charge in [0.05, 0.1) is 19.1 Å². The summed E-state index contributed by atoms with van der Waals surface area (Å²) in [5.74, 6) is 1.75. The number of benzene rings is 2. The molecule has 1 atom stereocenters. The van der Waals surface area contributed by atoms with Gasteiger partial charge in [0.2, 0.25) is 10.0 Å². The molecule has 2 rings (SSSR count). The van der Waals surface area contributed by atoms with Crippen molar-refractivity contribution in [3.63, 3.8) is 0 Å². The fourth-order valence-electron chi connectivity index (χ4n) is 2.85. The van der Waals surface area contributed by atoms with Crippen molar-refractivity contribution in [3.05, 3.63) is 48.0 Å². The fourth-order valence-corrected chi connectivity index (χ4v) is 3.88. The zero-order chi connectivity index (χ0) is 23.7. The lowest BCUT2D eigenvalue weighted by Crippen LogP contribution is -2.38. The monoisotopic (exact) mass is 464 g/mol. The highest BCUT2D eigenvalue weighted by Gasteiger charge is 2.17. The van der Waals surface area contributed by atoms with E-state index in [1.807, 2.05) is 26.0 Å². The second kappa shape index (κ2) is 11.7. The number of sulfonamides is 1. The van der Waals surface area contributed by atoms with Crippen molar-refractivity contribution in [2.24, 2.45) is 5.92 Å². The third-order valence-electron chi connectivity index (χ3n) is 4.65. The van der Waals surface area contributed by atoms with Crippen molar-refractivity contribution < 1.29 is 27.4 Å². The molecule has 0 aliphatic heterocycles. The second-order valence-electron chi connectivity index (χ2n) is 7.71. The summed E-state index contributed by atoms with van der Waals surface area (Å²) >= 11 is 0. The second-order valence-corrected chi connectivity index (χ2v) is 9.47. The number of hydrogen-bond acceptors (Lipinski definition) is 6. The first-order valence-corrected chi connectivity index (χ1v) is 11.9. The predicted octanol–water partition coefficient (Wildman–Crippen LogP) is 2.76. The molecule has 9 heteroatoms. The van der Waals surface area contributed by atoms with E-state index in [0.717, 1.165) is 5.56 Å². The maximum Gasteiger partial charge on any atom is 0.260 e. The first kappa shape index (κ1) is 25.5. The van der Waals surface area contributed by atoms with Gasteiger partial charge in [-0.15, -0.1) is 0 Å². The minimum Gasteiger partial charge on any atom is -0.493 e. The summed E-state index contributed by atoms with van der Waals surface area (Å²) in [4.78, 5) is 12.2. The molecule has 8 nitrogen and oxygen atoms in total. The van der Waals surface area contributed by atoms with Gasteiger partial charge in [-0.3, -0.25) is 4.79 Å². The Balaban J connectivity index is 1.92. The first-order chi connectivity index (χ1) is 15.2. The van der Waals surface area contributed by atoms with Crippen molar-refractivity contribution in [1.29, 1.82) is 0 Å². The molecule has 0 saturated heterocycles. The molecule has 176 valence electrons. The van der Waals surface area contributed by atoms with Gasteiger partial charge in [-0.25, -0.2) is 13.1 Å². The summed E-state index contributed by atoms with van der Waals surface area (Å²) in [7, 11) is -0.568. The van der Waals surface area contributed by atoms with Gasteiger partial charge in [0.25, 0.3) is 5.91 Å². The lowest BCUT2D eigenvalue weighted by Gasteiger charge is -2.16. The van der Waals surface area contributed by atoms with Crippen LogP contribution in [0.1, 0.15) is 26.3 Å². The van der Waals surface area contributed by atoms with Crippen LogP contribution < -0.4 is 24.2 Å². The van der Waals surface area contributed by atoms with Crippen LogP contribution >= 0.6 is 0 Å². The van der Waals surface area contributed by atoms with Crippen molar-refractivity contribution in [1.82, 2.24) is 10.0 Å². The lowest BCUT2D eigenvalue weighted by atomic mass is 10.1. The summed E-state index contributed by atoms with van der Waals surface area (Å²) in [6, 6.07) is 11.4. The molecule has 2 aromatic rings. The molecule has 0 aliphatic rings. The molecule has 0 spiro atoms. The van der Waals surface area contributed by atoms with E-state index >= 15 is 0 Å². The lowest BCUT2D eigenvalue weighted by molar-refractivity contribution is -0.127. The average Bonchev–Trinajstić information content (AvgIpc) is 2.77. The van der Waals surface area contributed by atoms with Gasteiger partial charge < -0.3 is 19.5 Å². The largest absolute Gasteiger partial charge is 0.493 e. The number of carbonyl (C=O) groups excluding carboxylic acids is 1. The van der Waals surface area contributed by atoms with E-state index < -0.39 is 16.1 Å². The van der Waals surface area contributed by atoms with Gasteiger partial charge in [-0.2, -0.15) is 0 Å². The van der Waals surface area contributed by atoms with Crippen LogP contribution in [0.4, 0.5) is 0 Å². The van der Waals surface area contributed by atoms with Gasteiger partial charge in [0.15, 0.2) is 17.6 Å². The maximum atomic E-state index is 12.6. The smallest absolute Gasteiger partial charge is 0.260 e. The Kier molecular flexibility index (Phi) is 9.34. The normalized spacial score (nSPS) is 12.3. The summed E-state index contributed by atoms with van der Waals surface area (Å²) in [6.07, 6.45) is -0.195. The molecule has 2 aromatic carbocycles. The van der Waals surface area contributed by atoms with Crippen LogP contribution in [0.5, 0.6) is 17.2 Å². The molecule has 0 radical (unpaired) electrons. The zero-order valence-electron chi connectivity index (χ0n) is 19.2. The number of methoxy groups -OCH3 is 2. The number of ether oxygens (including phenoxy) is 3. The van der Waals surface area contributed by atoms with Crippen LogP contribution in [0.3, 0.4) is 0 Å². The maximum absolute atomic E-state index is 12.6. The number of rotatable bonds is 12. The standard InChI is InChI=1S/C23H32N2O6S/c1-16(2)15-24-23(26)17(3)31-19-7-9-20(10-8-19)32(27,28)25-13-12-18-6-11-21(29-4)22(14-18)30-5/h6-11,14,16-17,25H,12-13,15H2,1-5H3,(H,24,26)/t17-/m0/s1. The molecule has 0 aliphatic carbocycles. The fraction of sp³-hybridized carbons (Fsp3) is 0.435. The molecule has 0 fully saturated rings. The van der Waals surface area contributed by atoms with Crippen molar-refractivity contribution in [2.75, 3.05) is 27.3 Å². The number of carbonyl (C=O) groups is 1. The van der Waals surface area contributed by atoms with Gasteiger partial charge >= 0.3 is 0 Å². The Morgan fingerprint density at radius 2 is 1.62 bits per heavy atom. The molecule has 0 saturated carbocycles. The van der Waals surface area contributed by atoms with Crippen LogP contribution in [0.15, 0.2) is 47.4 Å². The van der Waals surface area contributed by atoms with Crippen molar-refractivity contribution >= 4 is 15.9 Å². The molecule has 1 amide bonds. The number of hydrogen-bond donors (Lipinski definition) is 2. The van der Waals surface area contributed by atoms with Crippen molar-refractivity contribution in [2.45, 2.75) is 38.2 Å². The third-order valence-corrected chi connectivity index (χ3v) is 6.13. The molecule has 0 aromatic heterocycles. The van der Waals surface area contributed by atoms with Gasteiger partial charge in [-0.1, -0.05) is 19.9 Å². The Morgan fingerprint density at radius 1 is 0.969 bits per heavy atom.